The molecule has 3 aromatic carbocycles. The number of esters is 1. The van der Waals surface area contributed by atoms with Gasteiger partial charge in [-0.25, -0.2) is 14.2 Å². The first-order chi connectivity index (χ1) is 15.1. The number of nitrogens with one attached hydrogen (secondary N) is 1. The largest absolute Gasteiger partial charge is 0.493 e. The van der Waals surface area contributed by atoms with E-state index in [-0.39, 0.29) is 11.3 Å². The maximum absolute atomic E-state index is 13.0. The van der Waals surface area contributed by atoms with Crippen LogP contribution in [0.1, 0.15) is 21.7 Å². The van der Waals surface area contributed by atoms with Gasteiger partial charge in [-0.2, -0.15) is 5.26 Å². The van der Waals surface area contributed by atoms with Gasteiger partial charge in [-0.05, 0) is 60.2 Å². The Bertz CT molecular complexity index is 1300. The number of ether oxygens (including phenoxy) is 2. The van der Waals surface area contributed by atoms with Crippen molar-refractivity contribution in [2.24, 2.45) is 0 Å². The molecule has 0 atom stereocenters. The fourth-order valence-corrected chi connectivity index (χ4v) is 3.00. The zero-order chi connectivity index (χ0) is 21.8. The smallest absolute Gasteiger partial charge is 0.343 e. The van der Waals surface area contributed by atoms with Crippen LogP contribution in [-0.2, 0) is 0 Å². The molecule has 0 bridgehead atoms. The number of para-hydroxylation sites is 2. The van der Waals surface area contributed by atoms with Gasteiger partial charge < -0.3 is 14.5 Å². The Morgan fingerprint density at radius 1 is 1.10 bits per heavy atom. The number of allylic oxidation sites excluding steroid dienone is 1. The van der Waals surface area contributed by atoms with Gasteiger partial charge in [0.1, 0.15) is 17.7 Å². The number of nitriles is 1. The molecule has 0 aliphatic rings. The zero-order valence-electron chi connectivity index (χ0n) is 16.4. The average molecular weight is 413 g/mol. The highest BCUT2D eigenvalue weighted by Gasteiger charge is 2.14. The number of halogens is 1. The van der Waals surface area contributed by atoms with Gasteiger partial charge in [-0.3, -0.25) is 0 Å². The van der Waals surface area contributed by atoms with Crippen molar-refractivity contribution >= 4 is 28.7 Å². The number of nitrogens with zero attached hydrogens (tertiary/aromatic N) is 2. The van der Waals surface area contributed by atoms with E-state index in [2.05, 4.69) is 16.0 Å². The molecule has 6 nitrogen and oxygen atoms in total. The number of methoxy groups -OCH3 is 1. The van der Waals surface area contributed by atoms with Crippen molar-refractivity contribution in [2.45, 2.75) is 0 Å². The molecule has 4 aromatic rings. The first-order valence-electron chi connectivity index (χ1n) is 9.30. The first-order valence-corrected chi connectivity index (χ1v) is 9.30. The Balaban J connectivity index is 1.61. The van der Waals surface area contributed by atoms with Crippen molar-refractivity contribution < 1.29 is 18.7 Å². The van der Waals surface area contributed by atoms with Gasteiger partial charge in [0.25, 0.3) is 0 Å². The van der Waals surface area contributed by atoms with E-state index in [4.69, 9.17) is 9.47 Å². The highest BCUT2D eigenvalue weighted by atomic mass is 19.1. The fraction of sp³-hybridized carbons (Fsp3) is 0.0417. The number of aromatic amines is 1. The molecule has 152 valence electrons. The number of imidazole rings is 1. The molecular formula is C24H16FN3O3. The minimum absolute atomic E-state index is 0.205. The van der Waals surface area contributed by atoms with Crippen molar-refractivity contribution in [2.75, 3.05) is 7.11 Å². The average Bonchev–Trinajstić information content (AvgIpc) is 3.22. The standard InChI is InChI=1S/C24H16FN3O3/c1-30-22-13-15(6-11-21(22)31-24(29)16-7-9-18(25)10-8-16)12-17(14-26)23-27-19-4-2-3-5-20(19)28-23/h2-13H,1H3,(H,27,28)/b17-12+. The third kappa shape index (κ3) is 4.28. The summed E-state index contributed by atoms with van der Waals surface area (Å²) in [4.78, 5) is 19.9. The fourth-order valence-electron chi connectivity index (χ4n) is 3.00. The van der Waals surface area contributed by atoms with Crippen molar-refractivity contribution in [3.05, 3.63) is 89.5 Å². The molecule has 0 saturated carbocycles. The number of H-pyrrole nitrogens is 1. The summed E-state index contributed by atoms with van der Waals surface area (Å²) in [7, 11) is 1.45. The molecule has 0 saturated heterocycles. The zero-order valence-corrected chi connectivity index (χ0v) is 16.4. The van der Waals surface area contributed by atoms with Gasteiger partial charge >= 0.3 is 5.97 Å². The van der Waals surface area contributed by atoms with Gasteiger partial charge in [0, 0.05) is 0 Å². The minimum atomic E-state index is -0.637. The van der Waals surface area contributed by atoms with E-state index in [1.165, 1.54) is 31.4 Å². The second kappa shape index (κ2) is 8.51. The number of aromatic nitrogens is 2. The van der Waals surface area contributed by atoms with Crippen LogP contribution in [0, 0.1) is 17.1 Å². The van der Waals surface area contributed by atoms with Crippen LogP contribution in [0.3, 0.4) is 0 Å². The van der Waals surface area contributed by atoms with Crippen molar-refractivity contribution in [3.8, 4) is 17.6 Å². The molecule has 0 unspecified atom stereocenters. The van der Waals surface area contributed by atoms with Crippen LogP contribution in [0.25, 0.3) is 22.7 Å². The molecule has 1 heterocycles. The van der Waals surface area contributed by atoms with Crippen LogP contribution >= 0.6 is 0 Å². The van der Waals surface area contributed by atoms with Crippen molar-refractivity contribution in [1.29, 1.82) is 5.26 Å². The van der Waals surface area contributed by atoms with Crippen molar-refractivity contribution in [1.82, 2.24) is 9.97 Å². The molecule has 0 aliphatic heterocycles. The summed E-state index contributed by atoms with van der Waals surface area (Å²) in [5.74, 6) is -0.110. The summed E-state index contributed by atoms with van der Waals surface area (Å²) in [5.41, 5.74) is 2.81. The minimum Gasteiger partial charge on any atom is -0.493 e. The number of hydrogen-bond acceptors (Lipinski definition) is 5. The number of carbonyl (C=O) groups excluding carboxylic acids is 1. The van der Waals surface area contributed by atoms with Crippen LogP contribution in [0.15, 0.2) is 66.7 Å². The number of carbonyl (C=O) groups is 1. The van der Waals surface area contributed by atoms with E-state index in [1.807, 2.05) is 24.3 Å². The van der Waals surface area contributed by atoms with Crippen LogP contribution < -0.4 is 9.47 Å². The third-order valence-electron chi connectivity index (χ3n) is 4.55. The predicted molar refractivity (Wildman–Crippen MR) is 114 cm³/mol. The molecule has 0 spiro atoms. The molecular weight excluding hydrogens is 397 g/mol. The molecule has 1 N–H and O–H groups in total. The van der Waals surface area contributed by atoms with Gasteiger partial charge in [0.15, 0.2) is 11.5 Å². The molecule has 4 rings (SSSR count). The number of hydrogen-bond donors (Lipinski definition) is 1. The van der Waals surface area contributed by atoms with Gasteiger partial charge in [-0.1, -0.05) is 18.2 Å². The molecule has 7 heteroatoms. The summed E-state index contributed by atoms with van der Waals surface area (Å²) in [5, 5.41) is 9.61. The van der Waals surface area contributed by atoms with Crippen LogP contribution in [-0.4, -0.2) is 23.0 Å². The van der Waals surface area contributed by atoms with E-state index >= 15 is 0 Å². The van der Waals surface area contributed by atoms with E-state index in [0.29, 0.717) is 22.7 Å². The molecule has 0 radical (unpaired) electrons. The lowest BCUT2D eigenvalue weighted by atomic mass is 10.1. The molecule has 0 fully saturated rings. The topological polar surface area (TPSA) is 88.0 Å². The van der Waals surface area contributed by atoms with Gasteiger partial charge in [0.05, 0.1) is 29.3 Å². The normalized spacial score (nSPS) is 11.2. The number of rotatable bonds is 5. The summed E-state index contributed by atoms with van der Waals surface area (Å²) >= 11 is 0. The highest BCUT2D eigenvalue weighted by molar-refractivity contribution is 5.92. The Morgan fingerprint density at radius 3 is 2.58 bits per heavy atom. The second-order valence-electron chi connectivity index (χ2n) is 6.58. The van der Waals surface area contributed by atoms with Crippen LogP contribution in [0.5, 0.6) is 11.5 Å². The molecule has 0 amide bonds. The number of fused-ring (bicyclic) bond motifs is 1. The van der Waals surface area contributed by atoms with Crippen LogP contribution in [0.4, 0.5) is 4.39 Å². The third-order valence-corrected chi connectivity index (χ3v) is 4.55. The van der Waals surface area contributed by atoms with E-state index < -0.39 is 11.8 Å². The summed E-state index contributed by atoms with van der Waals surface area (Å²) in [6.45, 7) is 0. The Labute approximate surface area is 177 Å². The lowest BCUT2D eigenvalue weighted by Gasteiger charge is -2.10. The van der Waals surface area contributed by atoms with Gasteiger partial charge in [-0.15, -0.1) is 0 Å². The lowest BCUT2D eigenvalue weighted by Crippen LogP contribution is -2.09. The maximum Gasteiger partial charge on any atom is 0.343 e. The molecule has 0 aliphatic carbocycles. The summed E-state index contributed by atoms with van der Waals surface area (Å²) in [6, 6.07) is 19.6. The van der Waals surface area contributed by atoms with E-state index in [0.717, 1.165) is 11.0 Å². The summed E-state index contributed by atoms with van der Waals surface area (Å²) < 4.78 is 23.8. The van der Waals surface area contributed by atoms with E-state index in [9.17, 15) is 14.4 Å². The quantitative estimate of drug-likeness (QED) is 0.283. The second-order valence-corrected chi connectivity index (χ2v) is 6.58. The molecule has 31 heavy (non-hydrogen) atoms. The lowest BCUT2D eigenvalue weighted by molar-refractivity contribution is 0.0729. The maximum atomic E-state index is 13.0. The summed E-state index contributed by atoms with van der Waals surface area (Å²) in [6.07, 6.45) is 1.66. The Morgan fingerprint density at radius 2 is 1.87 bits per heavy atom. The van der Waals surface area contributed by atoms with Gasteiger partial charge in [0.2, 0.25) is 0 Å². The Kier molecular flexibility index (Phi) is 5.45. The predicted octanol–water partition coefficient (Wildman–Crippen LogP) is 4.99. The highest BCUT2D eigenvalue weighted by Crippen LogP contribution is 2.30. The Hall–Kier alpha value is -4.44. The van der Waals surface area contributed by atoms with Crippen LogP contribution in [0.2, 0.25) is 0 Å². The monoisotopic (exact) mass is 413 g/mol. The first kappa shape index (κ1) is 19.9. The SMILES string of the molecule is COc1cc(/C=C(\C#N)c2nc3ccccc3[nH]2)ccc1OC(=O)c1ccc(F)cc1. The van der Waals surface area contributed by atoms with E-state index in [1.54, 1.807) is 24.3 Å². The van der Waals surface area contributed by atoms with Crippen molar-refractivity contribution in [3.63, 3.8) is 0 Å². The molecule has 1 aromatic heterocycles. The number of benzene rings is 3.